The van der Waals surface area contributed by atoms with E-state index in [2.05, 4.69) is 55.2 Å². The van der Waals surface area contributed by atoms with Crippen LogP contribution in [-0.2, 0) is 5.41 Å². The number of aromatic nitrogens is 2. The molecule has 1 aromatic rings. The molecule has 0 spiro atoms. The van der Waals surface area contributed by atoms with Crippen LogP contribution in [0.2, 0.25) is 0 Å². The Balaban J connectivity index is 3.01. The molecule has 21 heavy (non-hydrogen) atoms. The number of hydrogen-bond acceptors (Lipinski definition) is 5. The topological polar surface area (TPSA) is 70.1 Å². The van der Waals surface area contributed by atoms with Crippen LogP contribution in [0.5, 0.6) is 0 Å². The number of aliphatic hydroxyl groups is 1. The molecule has 0 aromatic carbocycles. The highest BCUT2D eigenvalue weighted by Gasteiger charge is 2.20. The van der Waals surface area contributed by atoms with Gasteiger partial charge in [0, 0.05) is 30.7 Å². The van der Waals surface area contributed by atoms with E-state index in [0.29, 0.717) is 0 Å². The maximum Gasteiger partial charge on any atom is 0.138 e. The van der Waals surface area contributed by atoms with Crippen molar-refractivity contribution in [1.29, 1.82) is 0 Å². The maximum absolute atomic E-state index is 9.25. The van der Waals surface area contributed by atoms with Crippen molar-refractivity contribution >= 4 is 11.6 Å². The van der Waals surface area contributed by atoms with Crippen molar-refractivity contribution in [3.05, 3.63) is 11.9 Å². The number of anilines is 2. The van der Waals surface area contributed by atoms with Crippen molar-refractivity contribution in [3.63, 3.8) is 0 Å². The van der Waals surface area contributed by atoms with E-state index < -0.39 is 0 Å². The molecule has 0 aliphatic heterocycles. The van der Waals surface area contributed by atoms with Gasteiger partial charge >= 0.3 is 0 Å². The van der Waals surface area contributed by atoms with Gasteiger partial charge in [-0.15, -0.1) is 0 Å². The van der Waals surface area contributed by atoms with E-state index in [4.69, 9.17) is 0 Å². The second kappa shape index (κ2) is 7.59. The minimum absolute atomic E-state index is 0.105. The molecular weight excluding hydrogens is 264 g/mol. The molecule has 0 fully saturated rings. The van der Waals surface area contributed by atoms with Crippen LogP contribution in [0.4, 0.5) is 11.6 Å². The van der Waals surface area contributed by atoms with Crippen molar-refractivity contribution in [1.82, 2.24) is 9.97 Å². The first-order valence-corrected chi connectivity index (χ1v) is 7.78. The smallest absolute Gasteiger partial charge is 0.138 e. The van der Waals surface area contributed by atoms with Crippen LogP contribution < -0.4 is 10.6 Å². The molecule has 1 aromatic heterocycles. The summed E-state index contributed by atoms with van der Waals surface area (Å²) in [5, 5.41) is 15.9. The molecule has 3 N–H and O–H groups in total. The summed E-state index contributed by atoms with van der Waals surface area (Å²) < 4.78 is 0. The lowest BCUT2D eigenvalue weighted by molar-refractivity contribution is 0.226. The van der Waals surface area contributed by atoms with Gasteiger partial charge in [-0.1, -0.05) is 34.6 Å². The Labute approximate surface area is 128 Å². The van der Waals surface area contributed by atoms with Crippen molar-refractivity contribution in [2.24, 2.45) is 5.92 Å². The standard InChI is InChI=1S/C16H30N4O/c1-7-8-17-13-9-14(18-12(3)11(2)10-21)20-15(19-13)16(4,5)6/h9,11-12,21H,7-8,10H2,1-6H3,(H2,17,18,19,20). The highest BCUT2D eigenvalue weighted by molar-refractivity contribution is 5.48. The molecule has 0 aliphatic carbocycles. The number of nitrogens with one attached hydrogen (secondary N) is 2. The lowest BCUT2D eigenvalue weighted by Crippen LogP contribution is -2.27. The third-order valence-corrected chi connectivity index (χ3v) is 3.47. The van der Waals surface area contributed by atoms with E-state index in [-0.39, 0.29) is 24.0 Å². The molecule has 0 radical (unpaired) electrons. The molecule has 0 saturated carbocycles. The van der Waals surface area contributed by atoms with Crippen molar-refractivity contribution in [2.45, 2.75) is 59.4 Å². The van der Waals surface area contributed by atoms with Gasteiger partial charge in [-0.25, -0.2) is 9.97 Å². The summed E-state index contributed by atoms with van der Waals surface area (Å²) in [7, 11) is 0. The van der Waals surface area contributed by atoms with Gasteiger partial charge in [0.2, 0.25) is 0 Å². The fraction of sp³-hybridized carbons (Fsp3) is 0.750. The van der Waals surface area contributed by atoms with Crippen molar-refractivity contribution in [3.8, 4) is 0 Å². The third kappa shape index (κ3) is 5.50. The molecule has 0 aliphatic rings. The Kier molecular flexibility index (Phi) is 6.40. The van der Waals surface area contributed by atoms with E-state index in [1.165, 1.54) is 0 Å². The molecule has 120 valence electrons. The van der Waals surface area contributed by atoms with Crippen LogP contribution >= 0.6 is 0 Å². The number of nitrogens with zero attached hydrogens (tertiary/aromatic N) is 2. The van der Waals surface area contributed by atoms with E-state index >= 15 is 0 Å². The van der Waals surface area contributed by atoms with Gasteiger partial charge in [0.05, 0.1) is 0 Å². The number of rotatable bonds is 7. The first kappa shape index (κ1) is 17.7. The lowest BCUT2D eigenvalue weighted by atomic mass is 9.95. The Hall–Kier alpha value is -1.36. The molecule has 0 saturated heterocycles. The zero-order valence-electron chi connectivity index (χ0n) is 14.2. The molecule has 2 unspecified atom stereocenters. The van der Waals surface area contributed by atoms with Crippen LogP contribution in [-0.4, -0.2) is 34.3 Å². The molecule has 5 nitrogen and oxygen atoms in total. The van der Waals surface area contributed by atoms with Gasteiger partial charge in [-0.2, -0.15) is 0 Å². The summed E-state index contributed by atoms with van der Waals surface area (Å²) >= 11 is 0. The summed E-state index contributed by atoms with van der Waals surface area (Å²) in [4.78, 5) is 9.23. The number of hydrogen-bond donors (Lipinski definition) is 3. The Morgan fingerprint density at radius 1 is 1.19 bits per heavy atom. The van der Waals surface area contributed by atoms with Gasteiger partial charge in [0.15, 0.2) is 0 Å². The largest absolute Gasteiger partial charge is 0.396 e. The quantitative estimate of drug-likeness (QED) is 0.721. The van der Waals surface area contributed by atoms with Gasteiger partial charge in [0.25, 0.3) is 0 Å². The summed E-state index contributed by atoms with van der Waals surface area (Å²) in [5.41, 5.74) is -0.105. The number of aliphatic hydroxyl groups excluding tert-OH is 1. The van der Waals surface area contributed by atoms with Gasteiger partial charge in [0.1, 0.15) is 17.5 Å². The fourth-order valence-electron chi connectivity index (χ4n) is 1.73. The highest BCUT2D eigenvalue weighted by atomic mass is 16.3. The predicted molar refractivity (Wildman–Crippen MR) is 88.8 cm³/mol. The fourth-order valence-corrected chi connectivity index (χ4v) is 1.73. The molecule has 2 atom stereocenters. The second-order valence-electron chi connectivity index (χ2n) is 6.73. The van der Waals surface area contributed by atoms with Gasteiger partial charge < -0.3 is 15.7 Å². The monoisotopic (exact) mass is 294 g/mol. The van der Waals surface area contributed by atoms with Crippen LogP contribution in [0.25, 0.3) is 0 Å². The van der Waals surface area contributed by atoms with E-state index in [1.54, 1.807) is 0 Å². The van der Waals surface area contributed by atoms with Crippen LogP contribution in [0.1, 0.15) is 53.8 Å². The van der Waals surface area contributed by atoms with Crippen molar-refractivity contribution in [2.75, 3.05) is 23.8 Å². The van der Waals surface area contributed by atoms with E-state index in [1.807, 2.05) is 13.0 Å². The summed E-state index contributed by atoms with van der Waals surface area (Å²) in [6.45, 7) is 13.6. The third-order valence-electron chi connectivity index (χ3n) is 3.47. The predicted octanol–water partition coefficient (Wildman–Crippen LogP) is 3.02. The normalized spacial score (nSPS) is 14.6. The maximum atomic E-state index is 9.25. The molecule has 0 amide bonds. The zero-order chi connectivity index (χ0) is 16.0. The van der Waals surface area contributed by atoms with Crippen LogP contribution in [0.15, 0.2) is 6.07 Å². The molecule has 0 bridgehead atoms. The first-order valence-electron chi connectivity index (χ1n) is 7.78. The van der Waals surface area contributed by atoms with Crippen LogP contribution in [0.3, 0.4) is 0 Å². The Bertz CT molecular complexity index is 442. The minimum Gasteiger partial charge on any atom is -0.396 e. The Morgan fingerprint density at radius 3 is 2.33 bits per heavy atom. The van der Waals surface area contributed by atoms with E-state index in [0.717, 1.165) is 30.4 Å². The zero-order valence-corrected chi connectivity index (χ0v) is 14.2. The first-order chi connectivity index (χ1) is 9.77. The van der Waals surface area contributed by atoms with Gasteiger partial charge in [-0.05, 0) is 19.3 Å². The summed E-state index contributed by atoms with van der Waals surface area (Å²) in [5.74, 6) is 2.64. The average molecular weight is 294 g/mol. The SMILES string of the molecule is CCCNc1cc(NC(C)C(C)CO)nc(C(C)(C)C)n1. The molecule has 1 heterocycles. The minimum atomic E-state index is -0.105. The van der Waals surface area contributed by atoms with E-state index in [9.17, 15) is 5.11 Å². The second-order valence-corrected chi connectivity index (χ2v) is 6.73. The summed E-state index contributed by atoms with van der Waals surface area (Å²) in [6.07, 6.45) is 1.05. The summed E-state index contributed by atoms with van der Waals surface area (Å²) in [6, 6.07) is 2.09. The van der Waals surface area contributed by atoms with Gasteiger partial charge in [-0.3, -0.25) is 0 Å². The lowest BCUT2D eigenvalue weighted by Gasteiger charge is -2.23. The molecule has 5 heteroatoms. The van der Waals surface area contributed by atoms with Crippen molar-refractivity contribution < 1.29 is 5.11 Å². The molecular formula is C16H30N4O. The highest BCUT2D eigenvalue weighted by Crippen LogP contribution is 2.23. The molecule has 1 rings (SSSR count). The average Bonchev–Trinajstić information content (AvgIpc) is 2.42. The van der Waals surface area contributed by atoms with Crippen LogP contribution in [0, 0.1) is 5.92 Å². The Morgan fingerprint density at radius 2 is 1.81 bits per heavy atom.